The fourth-order valence-electron chi connectivity index (χ4n) is 3.03. The number of thioether (sulfide) groups is 1. The number of carbonyl (C=O) groups is 1. The van der Waals surface area contributed by atoms with Crippen LogP contribution in [0.1, 0.15) is 31.9 Å². The lowest BCUT2D eigenvalue weighted by molar-refractivity contribution is -0.118. The van der Waals surface area contributed by atoms with Gasteiger partial charge in [0.25, 0.3) is 11.7 Å². The average molecular weight is 409 g/mol. The first-order valence-corrected chi connectivity index (χ1v) is 9.59. The van der Waals surface area contributed by atoms with Crippen LogP contribution in [0.4, 0.5) is 14.5 Å². The Morgan fingerprint density at radius 2 is 2.04 bits per heavy atom. The molecule has 2 N–H and O–H groups in total. The maximum absolute atomic E-state index is 12.3. The van der Waals surface area contributed by atoms with E-state index in [1.54, 1.807) is 30.3 Å². The molecule has 1 atom stereocenters. The lowest BCUT2D eigenvalue weighted by atomic mass is 9.91. The Kier molecular flexibility index (Phi) is 6.10. The van der Waals surface area contributed by atoms with E-state index in [-0.39, 0.29) is 6.61 Å². The summed E-state index contributed by atoms with van der Waals surface area (Å²) in [5, 5.41) is 13.1. The molecule has 2 aromatic carbocycles. The van der Waals surface area contributed by atoms with Gasteiger partial charge in [0.2, 0.25) is 0 Å². The van der Waals surface area contributed by atoms with Crippen molar-refractivity contribution in [2.45, 2.75) is 42.6 Å². The molecule has 1 heterocycles. The summed E-state index contributed by atoms with van der Waals surface area (Å²) < 4.78 is 36.1. The number of benzene rings is 2. The van der Waals surface area contributed by atoms with Crippen LogP contribution in [-0.4, -0.2) is 29.0 Å². The minimum atomic E-state index is -2.49. The molecular formula is C20H21F2NO4S. The molecule has 0 aromatic heterocycles. The first-order chi connectivity index (χ1) is 13.2. The van der Waals surface area contributed by atoms with E-state index in [4.69, 9.17) is 9.47 Å². The lowest BCUT2D eigenvalue weighted by Gasteiger charge is -2.36. The van der Waals surface area contributed by atoms with Gasteiger partial charge in [-0.25, -0.2) is 0 Å². The fraction of sp³-hybridized carbons (Fsp3) is 0.350. The number of ether oxygens (including phenoxy) is 2. The van der Waals surface area contributed by atoms with E-state index in [0.29, 0.717) is 45.8 Å². The third kappa shape index (κ3) is 5.14. The van der Waals surface area contributed by atoms with E-state index < -0.39 is 23.4 Å². The predicted octanol–water partition coefficient (Wildman–Crippen LogP) is 4.61. The Bertz CT molecular complexity index is 843. The van der Waals surface area contributed by atoms with Crippen LogP contribution in [0.2, 0.25) is 0 Å². The summed E-state index contributed by atoms with van der Waals surface area (Å²) in [5.41, 5.74) is 0.521. The highest BCUT2D eigenvalue weighted by atomic mass is 32.2. The standard InChI is InChI=1S/C20H21F2NO4S/c1-20(2)10-14(24)18-15(4-3-5-16(18)27-20)26-11-17(25)23-12-6-8-13(9-7-12)28-19(21)22/h3-9,14,19,24H,10-11H2,1-2H3,(H,23,25)/t14-/m0/s1. The number of halogens is 2. The van der Waals surface area contributed by atoms with Crippen molar-refractivity contribution < 1.29 is 28.2 Å². The molecule has 3 rings (SSSR count). The van der Waals surface area contributed by atoms with Crippen LogP contribution in [0.25, 0.3) is 0 Å². The number of hydrogen-bond donors (Lipinski definition) is 2. The zero-order valence-electron chi connectivity index (χ0n) is 15.4. The molecule has 1 aliphatic heterocycles. The van der Waals surface area contributed by atoms with Gasteiger partial charge in [0.05, 0.1) is 11.7 Å². The summed E-state index contributed by atoms with van der Waals surface area (Å²) in [6, 6.07) is 11.3. The van der Waals surface area contributed by atoms with Crippen LogP contribution in [0.3, 0.4) is 0 Å². The number of rotatable bonds is 6. The first-order valence-electron chi connectivity index (χ1n) is 8.71. The molecule has 1 aliphatic rings. The number of aliphatic hydroxyl groups is 1. The zero-order chi connectivity index (χ0) is 20.3. The third-order valence-corrected chi connectivity index (χ3v) is 4.88. The highest BCUT2D eigenvalue weighted by Gasteiger charge is 2.34. The van der Waals surface area contributed by atoms with Gasteiger partial charge in [-0.15, -0.1) is 0 Å². The third-order valence-electron chi connectivity index (χ3n) is 4.15. The number of alkyl halides is 2. The van der Waals surface area contributed by atoms with Crippen molar-refractivity contribution in [2.75, 3.05) is 11.9 Å². The van der Waals surface area contributed by atoms with E-state index in [1.165, 1.54) is 12.1 Å². The Morgan fingerprint density at radius 3 is 2.71 bits per heavy atom. The van der Waals surface area contributed by atoms with Gasteiger partial charge in [0.1, 0.15) is 17.1 Å². The van der Waals surface area contributed by atoms with Gasteiger partial charge < -0.3 is 19.9 Å². The van der Waals surface area contributed by atoms with Gasteiger partial charge in [-0.2, -0.15) is 8.78 Å². The van der Waals surface area contributed by atoms with Crippen molar-refractivity contribution in [1.29, 1.82) is 0 Å². The predicted molar refractivity (Wildman–Crippen MR) is 103 cm³/mol. The van der Waals surface area contributed by atoms with Crippen LogP contribution in [0, 0.1) is 0 Å². The van der Waals surface area contributed by atoms with Crippen LogP contribution in [-0.2, 0) is 4.79 Å². The molecule has 28 heavy (non-hydrogen) atoms. The van der Waals surface area contributed by atoms with Crippen molar-refractivity contribution in [3.05, 3.63) is 48.0 Å². The van der Waals surface area contributed by atoms with Gasteiger partial charge in [-0.1, -0.05) is 17.8 Å². The Hall–Kier alpha value is -2.32. The van der Waals surface area contributed by atoms with Crippen LogP contribution in [0.5, 0.6) is 11.5 Å². The number of hydrogen-bond acceptors (Lipinski definition) is 5. The highest BCUT2D eigenvalue weighted by Crippen LogP contribution is 2.44. The number of anilines is 1. The molecule has 0 aliphatic carbocycles. The second-order valence-electron chi connectivity index (χ2n) is 6.99. The van der Waals surface area contributed by atoms with E-state index in [9.17, 15) is 18.7 Å². The Morgan fingerprint density at radius 1 is 1.32 bits per heavy atom. The second-order valence-corrected chi connectivity index (χ2v) is 8.05. The van der Waals surface area contributed by atoms with Gasteiger partial charge in [0.15, 0.2) is 6.61 Å². The summed E-state index contributed by atoms with van der Waals surface area (Å²) in [6.45, 7) is 3.52. The molecule has 5 nitrogen and oxygen atoms in total. The first kappa shape index (κ1) is 20.4. The maximum atomic E-state index is 12.3. The van der Waals surface area contributed by atoms with Gasteiger partial charge in [-0.3, -0.25) is 4.79 Å². The van der Waals surface area contributed by atoms with E-state index in [2.05, 4.69) is 5.32 Å². The smallest absolute Gasteiger partial charge is 0.288 e. The van der Waals surface area contributed by atoms with Crippen molar-refractivity contribution in [2.24, 2.45) is 0 Å². The van der Waals surface area contributed by atoms with E-state index in [0.717, 1.165) is 0 Å². The number of amides is 1. The molecule has 1 amide bonds. The molecule has 0 unspecified atom stereocenters. The normalized spacial score (nSPS) is 17.6. The average Bonchev–Trinajstić information content (AvgIpc) is 2.60. The number of carbonyl (C=O) groups excluding carboxylic acids is 1. The van der Waals surface area contributed by atoms with Crippen LogP contribution >= 0.6 is 11.8 Å². The monoisotopic (exact) mass is 409 g/mol. The molecule has 150 valence electrons. The lowest BCUT2D eigenvalue weighted by Crippen LogP contribution is -2.35. The van der Waals surface area contributed by atoms with Crippen molar-refractivity contribution in [3.63, 3.8) is 0 Å². The SMILES string of the molecule is CC1(C)C[C@H](O)c2c(OCC(=O)Nc3ccc(SC(F)F)cc3)cccc2O1. The molecule has 8 heteroatoms. The summed E-state index contributed by atoms with van der Waals surface area (Å²) in [5.74, 6) is -1.97. The molecule has 0 radical (unpaired) electrons. The molecule has 0 saturated carbocycles. The molecule has 0 saturated heterocycles. The number of nitrogens with one attached hydrogen (secondary N) is 1. The molecule has 0 spiro atoms. The van der Waals surface area contributed by atoms with Gasteiger partial charge in [-0.05, 0) is 50.2 Å². The summed E-state index contributed by atoms with van der Waals surface area (Å²) in [7, 11) is 0. The van der Waals surface area contributed by atoms with E-state index >= 15 is 0 Å². The summed E-state index contributed by atoms with van der Waals surface area (Å²) in [4.78, 5) is 12.6. The van der Waals surface area contributed by atoms with Crippen molar-refractivity contribution in [3.8, 4) is 11.5 Å². The van der Waals surface area contributed by atoms with Crippen molar-refractivity contribution in [1.82, 2.24) is 0 Å². The number of aliphatic hydroxyl groups excluding tert-OH is 1. The minimum Gasteiger partial charge on any atom is -0.487 e. The zero-order valence-corrected chi connectivity index (χ0v) is 16.3. The minimum absolute atomic E-state index is 0.264. The summed E-state index contributed by atoms with van der Waals surface area (Å²) >= 11 is 0.440. The van der Waals surface area contributed by atoms with Crippen LogP contribution in [0.15, 0.2) is 47.4 Å². The molecule has 0 fully saturated rings. The molecule has 2 aromatic rings. The largest absolute Gasteiger partial charge is 0.487 e. The highest BCUT2D eigenvalue weighted by molar-refractivity contribution is 7.99. The Balaban J connectivity index is 1.61. The van der Waals surface area contributed by atoms with Crippen molar-refractivity contribution >= 4 is 23.4 Å². The maximum Gasteiger partial charge on any atom is 0.288 e. The molecule has 0 bridgehead atoms. The van der Waals surface area contributed by atoms with Crippen LogP contribution < -0.4 is 14.8 Å². The Labute approximate surface area is 166 Å². The van der Waals surface area contributed by atoms with Gasteiger partial charge >= 0.3 is 0 Å². The second kappa shape index (κ2) is 8.36. The quantitative estimate of drug-likeness (QED) is 0.682. The topological polar surface area (TPSA) is 67.8 Å². The summed E-state index contributed by atoms with van der Waals surface area (Å²) in [6.07, 6.45) is -0.340. The fourth-order valence-corrected chi connectivity index (χ4v) is 3.53. The van der Waals surface area contributed by atoms with Gasteiger partial charge in [0, 0.05) is 17.0 Å². The molecular weight excluding hydrogens is 388 g/mol. The number of fused-ring (bicyclic) bond motifs is 1. The van der Waals surface area contributed by atoms with E-state index in [1.807, 2.05) is 13.8 Å².